The molecule has 0 aromatic carbocycles. The van der Waals surface area contributed by atoms with E-state index in [-0.39, 0.29) is 23.4 Å². The third-order valence-electron chi connectivity index (χ3n) is 5.44. The van der Waals surface area contributed by atoms with E-state index in [0.29, 0.717) is 44.0 Å². The number of carbonyl (C=O) groups is 2. The normalized spacial score (nSPS) is 19.8. The Labute approximate surface area is 159 Å². The van der Waals surface area contributed by atoms with Gasteiger partial charge in [-0.2, -0.15) is 0 Å². The molecule has 0 radical (unpaired) electrons. The summed E-state index contributed by atoms with van der Waals surface area (Å²) in [4.78, 5) is 39.7. The zero-order valence-electron chi connectivity index (χ0n) is 16.2. The Morgan fingerprint density at radius 2 is 2.00 bits per heavy atom. The fourth-order valence-corrected chi connectivity index (χ4v) is 4.08. The molecule has 148 valence electrons. The first kappa shape index (κ1) is 19.5. The van der Waals surface area contributed by atoms with Crippen molar-refractivity contribution in [1.82, 2.24) is 9.47 Å². The van der Waals surface area contributed by atoms with Gasteiger partial charge in [-0.3, -0.25) is 14.4 Å². The summed E-state index contributed by atoms with van der Waals surface area (Å²) in [5.41, 5.74) is 1.12. The molecule has 1 saturated heterocycles. The average Bonchev–Trinajstić information content (AvgIpc) is 2.94. The lowest BCUT2D eigenvalue weighted by molar-refractivity contribution is -0.149. The van der Waals surface area contributed by atoms with E-state index in [2.05, 4.69) is 0 Å². The van der Waals surface area contributed by atoms with Crippen molar-refractivity contribution in [3.63, 3.8) is 0 Å². The Kier molecular flexibility index (Phi) is 6.19. The van der Waals surface area contributed by atoms with Gasteiger partial charge in [-0.05, 0) is 39.0 Å². The largest absolute Gasteiger partial charge is 0.496 e. The minimum absolute atomic E-state index is 0.122. The summed E-state index contributed by atoms with van der Waals surface area (Å²) in [5.74, 6) is -0.369. The molecule has 2 aliphatic heterocycles. The maximum absolute atomic E-state index is 13.4. The van der Waals surface area contributed by atoms with Crippen LogP contribution in [-0.2, 0) is 22.5 Å². The number of rotatable bonds is 4. The van der Waals surface area contributed by atoms with Crippen LogP contribution in [0.5, 0.6) is 5.75 Å². The number of likely N-dealkylation sites (tertiary alicyclic amines) is 1. The van der Waals surface area contributed by atoms with Gasteiger partial charge in [0.25, 0.3) is 11.5 Å². The molecule has 1 unspecified atom stereocenters. The summed E-state index contributed by atoms with van der Waals surface area (Å²) < 4.78 is 12.3. The van der Waals surface area contributed by atoms with Crippen LogP contribution in [0.3, 0.4) is 0 Å². The first-order valence-electron chi connectivity index (χ1n) is 9.83. The molecule has 0 saturated carbocycles. The standard InChI is InChI=1S/C20H28N2O5/c1-3-27-20(25)14-8-7-10-21(13-14)19(24)18-15-9-5-4-6-11-22(15)17(23)12-16(18)26-2/h12,14H,3-11,13H2,1-2H3. The highest BCUT2D eigenvalue weighted by Crippen LogP contribution is 2.28. The number of nitrogens with zero attached hydrogens (tertiary/aromatic N) is 2. The highest BCUT2D eigenvalue weighted by atomic mass is 16.5. The van der Waals surface area contributed by atoms with Crippen LogP contribution >= 0.6 is 0 Å². The van der Waals surface area contributed by atoms with E-state index in [1.807, 2.05) is 0 Å². The van der Waals surface area contributed by atoms with E-state index < -0.39 is 0 Å². The van der Waals surface area contributed by atoms with E-state index in [0.717, 1.165) is 37.8 Å². The van der Waals surface area contributed by atoms with Gasteiger partial charge < -0.3 is 18.9 Å². The fraction of sp³-hybridized carbons (Fsp3) is 0.650. The number of ether oxygens (including phenoxy) is 2. The Morgan fingerprint density at radius 3 is 2.74 bits per heavy atom. The molecule has 1 amide bonds. The summed E-state index contributed by atoms with van der Waals surface area (Å²) in [6.07, 6.45) is 5.08. The van der Waals surface area contributed by atoms with Crippen LogP contribution in [0.1, 0.15) is 55.1 Å². The zero-order chi connectivity index (χ0) is 19.4. The lowest BCUT2D eigenvalue weighted by Crippen LogP contribution is -2.43. The van der Waals surface area contributed by atoms with Gasteiger partial charge in [0.05, 0.1) is 19.6 Å². The Bertz CT molecular complexity index is 770. The second kappa shape index (κ2) is 8.59. The lowest BCUT2D eigenvalue weighted by Gasteiger charge is -2.32. The summed E-state index contributed by atoms with van der Waals surface area (Å²) in [6.45, 7) is 3.69. The number of methoxy groups -OCH3 is 1. The summed E-state index contributed by atoms with van der Waals surface area (Å²) >= 11 is 0. The van der Waals surface area contributed by atoms with Crippen LogP contribution in [0.25, 0.3) is 0 Å². The van der Waals surface area contributed by atoms with Crippen molar-refractivity contribution in [2.75, 3.05) is 26.8 Å². The summed E-state index contributed by atoms with van der Waals surface area (Å²) in [7, 11) is 1.48. The molecule has 0 N–H and O–H groups in total. The number of esters is 1. The molecule has 7 nitrogen and oxygen atoms in total. The molecule has 7 heteroatoms. The van der Waals surface area contributed by atoms with Crippen molar-refractivity contribution in [2.45, 2.75) is 52.0 Å². The molecule has 1 fully saturated rings. The van der Waals surface area contributed by atoms with Gasteiger partial charge in [-0.15, -0.1) is 0 Å². The Balaban J connectivity index is 1.94. The number of fused-ring (bicyclic) bond motifs is 1. The topological polar surface area (TPSA) is 77.8 Å². The van der Waals surface area contributed by atoms with Gasteiger partial charge in [-0.1, -0.05) is 6.42 Å². The number of hydrogen-bond donors (Lipinski definition) is 0. The van der Waals surface area contributed by atoms with Crippen LogP contribution in [0.15, 0.2) is 10.9 Å². The quantitative estimate of drug-likeness (QED) is 0.751. The molecule has 2 aliphatic rings. The van der Waals surface area contributed by atoms with Crippen LogP contribution in [0.2, 0.25) is 0 Å². The van der Waals surface area contributed by atoms with Crippen molar-refractivity contribution in [1.29, 1.82) is 0 Å². The average molecular weight is 376 g/mol. The van der Waals surface area contributed by atoms with Crippen molar-refractivity contribution in [3.8, 4) is 5.75 Å². The van der Waals surface area contributed by atoms with Crippen molar-refractivity contribution in [2.24, 2.45) is 5.92 Å². The molecule has 0 bridgehead atoms. The van der Waals surface area contributed by atoms with Gasteiger partial charge in [0, 0.05) is 31.4 Å². The minimum Gasteiger partial charge on any atom is -0.496 e. The van der Waals surface area contributed by atoms with Crippen molar-refractivity contribution >= 4 is 11.9 Å². The molecule has 1 aromatic heterocycles. The van der Waals surface area contributed by atoms with Gasteiger partial charge in [0.15, 0.2) is 0 Å². The summed E-state index contributed by atoms with van der Waals surface area (Å²) in [6, 6.07) is 1.41. The zero-order valence-corrected chi connectivity index (χ0v) is 16.2. The van der Waals surface area contributed by atoms with Gasteiger partial charge in [-0.25, -0.2) is 0 Å². The number of aromatic nitrogens is 1. The molecule has 0 aliphatic carbocycles. The Hall–Kier alpha value is -2.31. The maximum atomic E-state index is 13.4. The van der Waals surface area contributed by atoms with Crippen LogP contribution < -0.4 is 10.3 Å². The van der Waals surface area contributed by atoms with E-state index >= 15 is 0 Å². The van der Waals surface area contributed by atoms with E-state index in [1.54, 1.807) is 16.4 Å². The summed E-state index contributed by atoms with van der Waals surface area (Å²) in [5, 5.41) is 0. The van der Waals surface area contributed by atoms with E-state index in [4.69, 9.17) is 9.47 Å². The SMILES string of the molecule is CCOC(=O)C1CCCN(C(=O)c2c(OC)cc(=O)n3c2CCCCC3)C1. The smallest absolute Gasteiger partial charge is 0.310 e. The predicted molar refractivity (Wildman–Crippen MR) is 100 cm³/mol. The van der Waals surface area contributed by atoms with Crippen molar-refractivity contribution < 1.29 is 19.1 Å². The number of pyridine rings is 1. The van der Waals surface area contributed by atoms with Gasteiger partial charge in [0.1, 0.15) is 11.3 Å². The molecule has 1 atom stereocenters. The second-order valence-electron chi connectivity index (χ2n) is 7.18. The van der Waals surface area contributed by atoms with E-state index in [1.165, 1.54) is 13.2 Å². The Morgan fingerprint density at radius 1 is 1.19 bits per heavy atom. The third-order valence-corrected chi connectivity index (χ3v) is 5.44. The van der Waals surface area contributed by atoms with E-state index in [9.17, 15) is 14.4 Å². The predicted octanol–water partition coefficient (Wildman–Crippen LogP) is 2.00. The lowest BCUT2D eigenvalue weighted by atomic mass is 9.96. The molecular formula is C20H28N2O5. The minimum atomic E-state index is -0.293. The molecular weight excluding hydrogens is 348 g/mol. The molecule has 3 rings (SSSR count). The molecule has 3 heterocycles. The first-order valence-corrected chi connectivity index (χ1v) is 9.83. The number of hydrogen-bond acceptors (Lipinski definition) is 5. The number of carbonyl (C=O) groups excluding carboxylic acids is 2. The maximum Gasteiger partial charge on any atom is 0.310 e. The molecule has 0 spiro atoms. The van der Waals surface area contributed by atoms with Crippen LogP contribution in [-0.4, -0.2) is 48.1 Å². The van der Waals surface area contributed by atoms with Crippen LogP contribution in [0, 0.1) is 5.92 Å². The first-order chi connectivity index (χ1) is 13.1. The highest BCUT2D eigenvalue weighted by Gasteiger charge is 2.33. The second-order valence-corrected chi connectivity index (χ2v) is 7.18. The monoisotopic (exact) mass is 376 g/mol. The highest BCUT2D eigenvalue weighted by molar-refractivity contribution is 5.98. The molecule has 27 heavy (non-hydrogen) atoms. The number of piperidine rings is 1. The fourth-order valence-electron chi connectivity index (χ4n) is 4.08. The van der Waals surface area contributed by atoms with Gasteiger partial charge >= 0.3 is 5.97 Å². The molecule has 1 aromatic rings. The van der Waals surface area contributed by atoms with Gasteiger partial charge in [0.2, 0.25) is 0 Å². The van der Waals surface area contributed by atoms with Crippen LogP contribution in [0.4, 0.5) is 0 Å². The van der Waals surface area contributed by atoms with Crippen molar-refractivity contribution in [3.05, 3.63) is 27.7 Å². The number of amides is 1. The third kappa shape index (κ3) is 4.01.